The molecule has 4 atom stereocenters. The van der Waals surface area contributed by atoms with E-state index in [0.29, 0.717) is 63.8 Å². The number of hydrogen-bond donors (Lipinski definition) is 5. The maximum atomic E-state index is 14.0. The lowest BCUT2D eigenvalue weighted by molar-refractivity contribution is -0.143. The first kappa shape index (κ1) is 35.3. The topological polar surface area (TPSA) is 192 Å². The van der Waals surface area contributed by atoms with E-state index in [0.717, 1.165) is 45.3 Å². The van der Waals surface area contributed by atoms with Crippen molar-refractivity contribution in [1.29, 1.82) is 0 Å². The van der Waals surface area contributed by atoms with E-state index in [-0.39, 0.29) is 35.7 Å². The van der Waals surface area contributed by atoms with Gasteiger partial charge in [-0.1, -0.05) is 26.7 Å². The molecule has 4 aliphatic rings. The molecule has 4 fully saturated rings. The average Bonchev–Trinajstić information content (AvgIpc) is 3.48. The fraction of sp³-hybridized carbons (Fsp3) is 0.806. The van der Waals surface area contributed by atoms with E-state index in [2.05, 4.69) is 32.8 Å². The zero-order valence-electron chi connectivity index (χ0n) is 26.8. The number of nitrogens with two attached hydrogens (primary N) is 2. The molecule has 0 aliphatic carbocycles. The maximum absolute atomic E-state index is 14.0. The van der Waals surface area contributed by atoms with Crippen LogP contribution in [0.3, 0.4) is 0 Å². The van der Waals surface area contributed by atoms with Crippen LogP contribution in [0.4, 0.5) is 0 Å². The van der Waals surface area contributed by atoms with Crippen molar-refractivity contribution >= 4 is 35.9 Å². The third-order valence-corrected chi connectivity index (χ3v) is 9.41. The van der Waals surface area contributed by atoms with Gasteiger partial charge in [-0.3, -0.25) is 24.2 Å². The Morgan fingerprint density at radius 1 is 1.00 bits per heavy atom. The Morgan fingerprint density at radius 2 is 1.68 bits per heavy atom. The number of fused-ring (bicyclic) bond motifs is 3. The van der Waals surface area contributed by atoms with Gasteiger partial charge in [0, 0.05) is 25.6 Å². The van der Waals surface area contributed by atoms with Crippen molar-refractivity contribution in [3.63, 3.8) is 0 Å². The highest BCUT2D eigenvalue weighted by Gasteiger charge is 2.45. The van der Waals surface area contributed by atoms with Crippen molar-refractivity contribution in [3.05, 3.63) is 0 Å². The molecule has 1 unspecified atom stereocenters. The highest BCUT2D eigenvalue weighted by atomic mass is 16.2. The van der Waals surface area contributed by atoms with Crippen LogP contribution >= 0.6 is 0 Å². The van der Waals surface area contributed by atoms with E-state index >= 15 is 0 Å². The van der Waals surface area contributed by atoms with Crippen molar-refractivity contribution in [2.45, 2.75) is 115 Å². The van der Waals surface area contributed by atoms with Gasteiger partial charge in [0.15, 0.2) is 5.96 Å². The first-order valence-electron chi connectivity index (χ1n) is 16.5. The average molecular weight is 619 g/mol. The summed E-state index contributed by atoms with van der Waals surface area (Å²) in [5, 5.41) is 8.86. The lowest BCUT2D eigenvalue weighted by Gasteiger charge is -2.52. The molecule has 44 heavy (non-hydrogen) atoms. The second kappa shape index (κ2) is 16.7. The number of rotatable bonds is 17. The van der Waals surface area contributed by atoms with E-state index < -0.39 is 29.9 Å². The van der Waals surface area contributed by atoms with Crippen LogP contribution in [-0.2, 0) is 24.0 Å². The fourth-order valence-electron chi connectivity index (χ4n) is 7.09. The Balaban J connectivity index is 1.72. The lowest BCUT2D eigenvalue weighted by atomic mass is 9.74. The molecule has 0 saturated carbocycles. The van der Waals surface area contributed by atoms with Gasteiger partial charge < -0.3 is 42.0 Å². The molecule has 2 bridgehead atoms. The second-order valence-electron chi connectivity index (χ2n) is 12.9. The molecule has 0 aromatic heterocycles. The van der Waals surface area contributed by atoms with Gasteiger partial charge in [0.2, 0.25) is 23.6 Å². The zero-order valence-corrected chi connectivity index (χ0v) is 26.8. The summed E-state index contributed by atoms with van der Waals surface area (Å²) < 4.78 is 0. The van der Waals surface area contributed by atoms with Crippen molar-refractivity contribution in [1.82, 2.24) is 25.8 Å². The number of aldehydes is 1. The van der Waals surface area contributed by atoms with Gasteiger partial charge in [-0.25, -0.2) is 0 Å². The smallest absolute Gasteiger partial charge is 0.246 e. The summed E-state index contributed by atoms with van der Waals surface area (Å²) in [7, 11) is 0. The molecular weight excluding hydrogens is 564 g/mol. The molecule has 13 nitrogen and oxygen atoms in total. The maximum Gasteiger partial charge on any atom is 0.246 e. The van der Waals surface area contributed by atoms with Gasteiger partial charge >= 0.3 is 0 Å². The van der Waals surface area contributed by atoms with Crippen molar-refractivity contribution in [2.24, 2.45) is 28.3 Å². The Kier molecular flexibility index (Phi) is 13.4. The van der Waals surface area contributed by atoms with E-state index in [1.165, 1.54) is 4.90 Å². The molecule has 0 aromatic carbocycles. The Hall–Kier alpha value is -3.22. The molecular formula is C31H54N8O5. The molecule has 7 N–H and O–H groups in total. The summed E-state index contributed by atoms with van der Waals surface area (Å²) in [5.74, 6) is -1.34. The van der Waals surface area contributed by atoms with Crippen LogP contribution in [0.5, 0.6) is 0 Å². The molecule has 0 aromatic rings. The number of nitrogens with one attached hydrogen (secondary N) is 3. The van der Waals surface area contributed by atoms with Gasteiger partial charge in [-0.2, -0.15) is 0 Å². The summed E-state index contributed by atoms with van der Waals surface area (Å²) in [6, 6.07) is -2.65. The number of hydrogen-bond acceptors (Lipinski definition) is 7. The number of likely N-dealkylation sites (tertiary alicyclic amines) is 1. The fourth-order valence-corrected chi connectivity index (χ4v) is 7.09. The number of aliphatic imine (C=N–C) groups is 1. The Morgan fingerprint density at radius 3 is 2.25 bits per heavy atom. The van der Waals surface area contributed by atoms with E-state index in [1.807, 2.05) is 13.8 Å². The number of carbonyl (C=O) groups excluding carboxylic acids is 5. The standard InChI is InChI=1S/C31H54N8O5/c1-4-8-21(9-5-2)27(42)36-24(18-26(41)37-31(3)20-38-16-12-22(31)13-17-38)29(44)39-15-7-11-25(39)28(43)35-23(19-40)10-6-14-34-30(32)33/h19,21-25H,4-18,20H2,1-3H3,(H,35,43)(H,36,42)(H,37,41)(H4,32,33,34)/t23-,24-,25?,31+/m0/s1. The van der Waals surface area contributed by atoms with E-state index in [4.69, 9.17) is 11.5 Å². The quantitative estimate of drug-likeness (QED) is 0.0669. The summed E-state index contributed by atoms with van der Waals surface area (Å²) >= 11 is 0. The monoisotopic (exact) mass is 618 g/mol. The summed E-state index contributed by atoms with van der Waals surface area (Å²) in [6.45, 7) is 9.58. The Labute approximate surface area is 261 Å². The number of piperidine rings is 3. The van der Waals surface area contributed by atoms with E-state index in [9.17, 15) is 24.0 Å². The van der Waals surface area contributed by atoms with Gasteiger partial charge in [-0.05, 0) is 77.3 Å². The van der Waals surface area contributed by atoms with Crippen LogP contribution in [0.2, 0.25) is 0 Å². The molecule has 4 amide bonds. The number of carbonyl (C=O) groups is 5. The lowest BCUT2D eigenvalue weighted by Crippen LogP contribution is -2.66. The van der Waals surface area contributed by atoms with E-state index in [1.54, 1.807) is 0 Å². The first-order valence-corrected chi connectivity index (χ1v) is 16.5. The van der Waals surface area contributed by atoms with Crippen molar-refractivity contribution < 1.29 is 24.0 Å². The molecule has 248 valence electrons. The second-order valence-corrected chi connectivity index (χ2v) is 12.9. The molecule has 4 saturated heterocycles. The SMILES string of the molecule is CCCC(CCC)C(=O)N[C@@H](CC(=O)N[C@]1(C)CN2CCC1CC2)C(=O)N1CCCC1C(=O)N[C@H](C=O)CCCN=C(N)N. The van der Waals surface area contributed by atoms with Gasteiger partial charge in [0.25, 0.3) is 0 Å². The van der Waals surface area contributed by atoms with Crippen LogP contribution in [0.25, 0.3) is 0 Å². The first-order chi connectivity index (χ1) is 21.0. The Bertz CT molecular complexity index is 1040. The van der Waals surface area contributed by atoms with Crippen LogP contribution in [0, 0.1) is 11.8 Å². The predicted octanol–water partition coefficient (Wildman–Crippen LogP) is 0.407. The molecule has 4 heterocycles. The van der Waals surface area contributed by atoms with Gasteiger partial charge in [0.1, 0.15) is 18.4 Å². The summed E-state index contributed by atoms with van der Waals surface area (Å²) in [5.41, 5.74) is 10.3. The van der Waals surface area contributed by atoms with Crippen molar-refractivity contribution in [2.75, 3.05) is 32.7 Å². The highest BCUT2D eigenvalue weighted by molar-refractivity contribution is 5.96. The van der Waals surface area contributed by atoms with Gasteiger partial charge in [0.05, 0.1) is 18.0 Å². The van der Waals surface area contributed by atoms with Crippen molar-refractivity contribution in [3.8, 4) is 0 Å². The van der Waals surface area contributed by atoms with Crippen LogP contribution in [0.1, 0.15) is 91.4 Å². The largest absolute Gasteiger partial charge is 0.370 e. The molecule has 4 rings (SSSR count). The third kappa shape index (κ3) is 9.64. The number of nitrogens with zero attached hydrogens (tertiary/aromatic N) is 3. The molecule has 0 spiro atoms. The van der Waals surface area contributed by atoms with Crippen LogP contribution in [-0.4, -0.2) is 102 Å². The minimum absolute atomic E-state index is 0.0410. The summed E-state index contributed by atoms with van der Waals surface area (Å²) in [4.78, 5) is 73.6. The minimum atomic E-state index is -1.10. The molecule has 0 radical (unpaired) electrons. The number of guanidine groups is 1. The molecule has 13 heteroatoms. The molecule has 4 aliphatic heterocycles. The zero-order chi connectivity index (χ0) is 32.3. The van der Waals surface area contributed by atoms with Crippen LogP contribution < -0.4 is 27.4 Å². The normalized spacial score (nSPS) is 25.6. The van der Waals surface area contributed by atoms with Gasteiger partial charge in [-0.15, -0.1) is 0 Å². The summed E-state index contributed by atoms with van der Waals surface area (Å²) in [6.07, 6.45) is 7.38. The highest BCUT2D eigenvalue weighted by Crippen LogP contribution is 2.35. The van der Waals surface area contributed by atoms with Crippen LogP contribution in [0.15, 0.2) is 4.99 Å². The third-order valence-electron chi connectivity index (χ3n) is 9.41. The minimum Gasteiger partial charge on any atom is -0.370 e. The number of amides is 4. The predicted molar refractivity (Wildman–Crippen MR) is 168 cm³/mol.